The molecule has 0 aliphatic rings. The van der Waals surface area contributed by atoms with E-state index in [-0.39, 0.29) is 17.3 Å². The van der Waals surface area contributed by atoms with Gasteiger partial charge < -0.3 is 10.6 Å². The fraction of sp³-hybridized carbons (Fsp3) is 0.278. The molecule has 0 atom stereocenters. The van der Waals surface area contributed by atoms with Crippen LogP contribution in [0.15, 0.2) is 53.4 Å². The van der Waals surface area contributed by atoms with E-state index in [1.807, 2.05) is 0 Å². The topological polar surface area (TPSA) is 78.5 Å². The third-order valence-corrected chi connectivity index (χ3v) is 6.06. The lowest BCUT2D eigenvalue weighted by Crippen LogP contribution is -2.30. The highest BCUT2D eigenvalue weighted by atomic mass is 35.5. The lowest BCUT2D eigenvalue weighted by Gasteiger charge is -2.18. The third kappa shape index (κ3) is 5.20. The Morgan fingerprint density at radius 3 is 2.31 bits per heavy atom. The number of carbonyl (C=O) groups excluding carboxylic acids is 1. The molecule has 2 aromatic carbocycles. The molecule has 0 fully saturated rings. The zero-order valence-corrected chi connectivity index (χ0v) is 16.3. The Balaban J connectivity index is 2.03. The summed E-state index contributed by atoms with van der Waals surface area (Å²) in [5.41, 5.74) is 1.20. The van der Waals surface area contributed by atoms with Crippen molar-refractivity contribution in [2.45, 2.75) is 18.7 Å². The Morgan fingerprint density at radius 1 is 1.04 bits per heavy atom. The molecule has 0 unspecified atom stereocenters. The van der Waals surface area contributed by atoms with E-state index in [0.717, 1.165) is 5.69 Å². The first-order chi connectivity index (χ1) is 12.4. The Hall–Kier alpha value is -2.09. The summed E-state index contributed by atoms with van der Waals surface area (Å²) in [6, 6.07) is 13.2. The molecule has 0 heterocycles. The van der Waals surface area contributed by atoms with Gasteiger partial charge in [0.05, 0.1) is 11.4 Å². The summed E-state index contributed by atoms with van der Waals surface area (Å²) in [7, 11) is -3.56. The van der Waals surface area contributed by atoms with Crippen LogP contribution in [0.4, 0.5) is 11.4 Å². The molecule has 0 spiro atoms. The van der Waals surface area contributed by atoms with Gasteiger partial charge in [-0.1, -0.05) is 31.5 Å². The minimum absolute atomic E-state index is 0.0503. The molecule has 0 aliphatic carbocycles. The van der Waals surface area contributed by atoms with Crippen molar-refractivity contribution in [1.29, 1.82) is 0 Å². The van der Waals surface area contributed by atoms with Crippen molar-refractivity contribution in [3.63, 3.8) is 0 Å². The Kier molecular flexibility index (Phi) is 7.02. The normalized spacial score (nSPS) is 11.4. The fourth-order valence-corrected chi connectivity index (χ4v) is 4.03. The van der Waals surface area contributed by atoms with E-state index in [1.54, 1.807) is 50.2 Å². The van der Waals surface area contributed by atoms with Crippen molar-refractivity contribution in [1.82, 2.24) is 4.31 Å². The van der Waals surface area contributed by atoms with Gasteiger partial charge in [0.25, 0.3) is 0 Å². The first-order valence-electron chi connectivity index (χ1n) is 8.26. The van der Waals surface area contributed by atoms with Gasteiger partial charge in [-0.3, -0.25) is 4.79 Å². The van der Waals surface area contributed by atoms with Crippen LogP contribution in [0.1, 0.15) is 13.8 Å². The van der Waals surface area contributed by atoms with Gasteiger partial charge in [-0.15, -0.1) is 0 Å². The molecule has 2 rings (SSSR count). The zero-order valence-electron chi connectivity index (χ0n) is 14.7. The fourth-order valence-electron chi connectivity index (χ4n) is 2.40. The number of rotatable bonds is 8. The zero-order chi connectivity index (χ0) is 19.2. The lowest BCUT2D eigenvalue weighted by atomic mass is 10.3. The predicted molar refractivity (Wildman–Crippen MR) is 105 cm³/mol. The van der Waals surface area contributed by atoms with Gasteiger partial charge in [-0.05, 0) is 42.5 Å². The van der Waals surface area contributed by atoms with Gasteiger partial charge >= 0.3 is 0 Å². The maximum Gasteiger partial charge on any atom is 0.243 e. The van der Waals surface area contributed by atoms with Gasteiger partial charge in [-0.25, -0.2) is 8.42 Å². The molecule has 0 bridgehead atoms. The van der Waals surface area contributed by atoms with E-state index in [4.69, 9.17) is 11.6 Å². The van der Waals surface area contributed by atoms with Crippen molar-refractivity contribution in [2.24, 2.45) is 0 Å². The molecule has 2 aromatic rings. The van der Waals surface area contributed by atoms with Crippen LogP contribution in [0, 0.1) is 0 Å². The number of carbonyl (C=O) groups is 1. The highest BCUT2D eigenvalue weighted by molar-refractivity contribution is 7.89. The van der Waals surface area contributed by atoms with Gasteiger partial charge in [0.1, 0.15) is 0 Å². The number of amides is 1. The summed E-state index contributed by atoms with van der Waals surface area (Å²) >= 11 is 5.82. The number of nitrogens with zero attached hydrogens (tertiary/aromatic N) is 1. The number of anilines is 2. The van der Waals surface area contributed by atoms with Gasteiger partial charge in [0.2, 0.25) is 15.9 Å². The highest BCUT2D eigenvalue weighted by Crippen LogP contribution is 2.19. The van der Waals surface area contributed by atoms with Crippen molar-refractivity contribution in [3.05, 3.63) is 53.6 Å². The molecular formula is C18H22ClN3O3S. The second-order valence-electron chi connectivity index (χ2n) is 5.53. The standard InChI is InChI=1S/C18H22ClN3O3S/c1-3-22(4-2)26(24,25)17-7-5-6-16(12-17)21-18(23)13-20-15-10-8-14(19)9-11-15/h5-12,20H,3-4,13H2,1-2H3,(H,21,23). The summed E-state index contributed by atoms with van der Waals surface area (Å²) in [6.07, 6.45) is 0. The van der Waals surface area contributed by atoms with Crippen molar-refractivity contribution >= 4 is 38.9 Å². The lowest BCUT2D eigenvalue weighted by molar-refractivity contribution is -0.114. The van der Waals surface area contributed by atoms with E-state index in [0.29, 0.717) is 23.8 Å². The number of benzene rings is 2. The quantitative estimate of drug-likeness (QED) is 0.717. The number of hydrogen-bond donors (Lipinski definition) is 2. The smallest absolute Gasteiger partial charge is 0.243 e. The number of nitrogens with one attached hydrogen (secondary N) is 2. The molecule has 6 nitrogen and oxygen atoms in total. The minimum Gasteiger partial charge on any atom is -0.376 e. The number of sulfonamides is 1. The van der Waals surface area contributed by atoms with E-state index in [2.05, 4.69) is 10.6 Å². The summed E-state index contributed by atoms with van der Waals surface area (Å²) in [5.74, 6) is -0.280. The largest absolute Gasteiger partial charge is 0.376 e. The maximum absolute atomic E-state index is 12.6. The first-order valence-corrected chi connectivity index (χ1v) is 10.1. The van der Waals surface area contributed by atoms with Gasteiger partial charge in [0, 0.05) is 29.5 Å². The monoisotopic (exact) mass is 395 g/mol. The third-order valence-electron chi connectivity index (χ3n) is 3.76. The van der Waals surface area contributed by atoms with Crippen molar-refractivity contribution in [3.8, 4) is 0 Å². The highest BCUT2D eigenvalue weighted by Gasteiger charge is 2.21. The van der Waals surface area contributed by atoms with Crippen LogP contribution < -0.4 is 10.6 Å². The molecule has 0 saturated carbocycles. The molecule has 0 aliphatic heterocycles. The van der Waals surface area contributed by atoms with Crippen LogP contribution >= 0.6 is 11.6 Å². The summed E-state index contributed by atoms with van der Waals surface area (Å²) in [6.45, 7) is 4.40. The minimum atomic E-state index is -3.56. The van der Waals surface area contributed by atoms with Crippen LogP contribution in [0.3, 0.4) is 0 Å². The van der Waals surface area contributed by atoms with E-state index < -0.39 is 10.0 Å². The van der Waals surface area contributed by atoms with Gasteiger partial charge in [-0.2, -0.15) is 4.31 Å². The molecule has 2 N–H and O–H groups in total. The second-order valence-corrected chi connectivity index (χ2v) is 7.90. The van der Waals surface area contributed by atoms with Crippen LogP contribution in [0.5, 0.6) is 0 Å². The Labute approximate surface area is 159 Å². The maximum atomic E-state index is 12.6. The van der Waals surface area contributed by atoms with E-state index >= 15 is 0 Å². The summed E-state index contributed by atoms with van der Waals surface area (Å²) < 4.78 is 26.5. The van der Waals surface area contributed by atoms with E-state index in [1.165, 1.54) is 16.4 Å². The van der Waals surface area contributed by atoms with Crippen LogP contribution in [0.2, 0.25) is 5.02 Å². The Morgan fingerprint density at radius 2 is 1.69 bits per heavy atom. The first kappa shape index (κ1) is 20.2. The molecule has 140 valence electrons. The van der Waals surface area contributed by atoms with Crippen molar-refractivity contribution in [2.75, 3.05) is 30.3 Å². The SMILES string of the molecule is CCN(CC)S(=O)(=O)c1cccc(NC(=O)CNc2ccc(Cl)cc2)c1. The van der Waals surface area contributed by atoms with Gasteiger partial charge in [0.15, 0.2) is 0 Å². The van der Waals surface area contributed by atoms with E-state index in [9.17, 15) is 13.2 Å². The van der Waals surface area contributed by atoms with Crippen LogP contribution in [-0.4, -0.2) is 38.3 Å². The summed E-state index contributed by atoms with van der Waals surface area (Å²) in [4.78, 5) is 12.3. The molecule has 0 aromatic heterocycles. The number of hydrogen-bond acceptors (Lipinski definition) is 4. The molecule has 8 heteroatoms. The molecular weight excluding hydrogens is 374 g/mol. The number of halogens is 1. The molecule has 26 heavy (non-hydrogen) atoms. The molecule has 0 radical (unpaired) electrons. The Bertz CT molecular complexity index is 850. The molecule has 1 amide bonds. The summed E-state index contributed by atoms with van der Waals surface area (Å²) in [5, 5.41) is 6.29. The van der Waals surface area contributed by atoms with Crippen LogP contribution in [0.25, 0.3) is 0 Å². The average molecular weight is 396 g/mol. The van der Waals surface area contributed by atoms with Crippen molar-refractivity contribution < 1.29 is 13.2 Å². The molecule has 0 saturated heterocycles. The average Bonchev–Trinajstić information content (AvgIpc) is 2.62. The second kappa shape index (κ2) is 9.02. The predicted octanol–water partition coefficient (Wildman–Crippen LogP) is 3.42. The van der Waals surface area contributed by atoms with Crippen LogP contribution in [-0.2, 0) is 14.8 Å².